The Hall–Kier alpha value is -0.530. The summed E-state index contributed by atoms with van der Waals surface area (Å²) in [4.78, 5) is 10.0. The molecule has 0 heterocycles. The standard InChI is InChI=1S/C12H24O6/c13-3-1-2-5-15-7-9-17-11-12-18-10-8-16-6-4-14/h3,14H,1-2,4-12H2. The zero-order valence-corrected chi connectivity index (χ0v) is 10.8. The number of carbonyl (C=O) groups is 1. The lowest BCUT2D eigenvalue weighted by molar-refractivity contribution is -0.108. The summed E-state index contributed by atoms with van der Waals surface area (Å²) < 4.78 is 20.7. The Bertz CT molecular complexity index is 165. The summed E-state index contributed by atoms with van der Waals surface area (Å²) in [5.74, 6) is 0. The van der Waals surface area contributed by atoms with Gasteiger partial charge in [0.2, 0.25) is 0 Å². The number of unbranched alkanes of at least 4 members (excludes halogenated alkanes) is 1. The number of hydrogen-bond donors (Lipinski definition) is 1. The molecule has 18 heavy (non-hydrogen) atoms. The highest BCUT2D eigenvalue weighted by Gasteiger charge is 1.92. The normalized spacial score (nSPS) is 10.7. The van der Waals surface area contributed by atoms with Gasteiger partial charge >= 0.3 is 0 Å². The Morgan fingerprint density at radius 1 is 0.722 bits per heavy atom. The van der Waals surface area contributed by atoms with E-state index in [2.05, 4.69) is 0 Å². The van der Waals surface area contributed by atoms with Crippen molar-refractivity contribution in [3.8, 4) is 0 Å². The molecule has 0 radical (unpaired) electrons. The van der Waals surface area contributed by atoms with Gasteiger partial charge in [0.15, 0.2) is 0 Å². The molecule has 0 aliphatic rings. The molecule has 0 aliphatic heterocycles. The second-order valence-electron chi connectivity index (χ2n) is 3.48. The maximum atomic E-state index is 10.0. The molecule has 108 valence electrons. The van der Waals surface area contributed by atoms with E-state index < -0.39 is 0 Å². The molecule has 0 saturated carbocycles. The first-order valence-corrected chi connectivity index (χ1v) is 6.27. The van der Waals surface area contributed by atoms with Gasteiger partial charge in [-0.25, -0.2) is 0 Å². The Kier molecular flexibility index (Phi) is 16.0. The summed E-state index contributed by atoms with van der Waals surface area (Å²) in [5, 5.41) is 8.44. The summed E-state index contributed by atoms with van der Waals surface area (Å²) >= 11 is 0. The largest absolute Gasteiger partial charge is 0.394 e. The molecular formula is C12H24O6. The van der Waals surface area contributed by atoms with Crippen molar-refractivity contribution in [3.05, 3.63) is 0 Å². The maximum absolute atomic E-state index is 10.0. The first-order valence-electron chi connectivity index (χ1n) is 6.27. The molecule has 0 amide bonds. The van der Waals surface area contributed by atoms with Gasteiger partial charge in [-0.15, -0.1) is 0 Å². The highest BCUT2D eigenvalue weighted by molar-refractivity contribution is 5.48. The summed E-state index contributed by atoms with van der Waals surface area (Å²) in [5.41, 5.74) is 0. The van der Waals surface area contributed by atoms with E-state index >= 15 is 0 Å². The van der Waals surface area contributed by atoms with Gasteiger partial charge in [-0.05, 0) is 6.42 Å². The van der Waals surface area contributed by atoms with E-state index in [0.717, 1.165) is 12.7 Å². The van der Waals surface area contributed by atoms with Crippen LogP contribution in [-0.2, 0) is 23.7 Å². The quantitative estimate of drug-likeness (QED) is 0.332. The van der Waals surface area contributed by atoms with Gasteiger partial charge < -0.3 is 28.8 Å². The summed E-state index contributed by atoms with van der Waals surface area (Å²) in [6.45, 7) is 4.10. The van der Waals surface area contributed by atoms with E-state index in [-0.39, 0.29) is 6.61 Å². The molecule has 0 fully saturated rings. The Balaban J connectivity index is 2.88. The molecule has 0 bridgehead atoms. The predicted molar refractivity (Wildman–Crippen MR) is 65.7 cm³/mol. The molecule has 0 rings (SSSR count). The smallest absolute Gasteiger partial charge is 0.120 e. The lowest BCUT2D eigenvalue weighted by atomic mass is 10.3. The van der Waals surface area contributed by atoms with Crippen molar-refractivity contribution in [2.24, 2.45) is 0 Å². The zero-order chi connectivity index (χ0) is 13.3. The van der Waals surface area contributed by atoms with E-state index in [0.29, 0.717) is 59.3 Å². The number of aliphatic hydroxyl groups is 1. The molecule has 0 aromatic carbocycles. The molecule has 6 nitrogen and oxygen atoms in total. The first-order chi connectivity index (χ1) is 8.91. The number of aldehydes is 1. The Labute approximate surface area is 108 Å². The number of ether oxygens (including phenoxy) is 4. The van der Waals surface area contributed by atoms with E-state index in [1.165, 1.54) is 0 Å². The second-order valence-corrected chi connectivity index (χ2v) is 3.48. The highest BCUT2D eigenvalue weighted by Crippen LogP contribution is 1.87. The van der Waals surface area contributed by atoms with Crippen molar-refractivity contribution < 1.29 is 28.8 Å². The third-order valence-electron chi connectivity index (χ3n) is 1.96. The number of aliphatic hydroxyl groups excluding tert-OH is 1. The summed E-state index contributed by atoms with van der Waals surface area (Å²) in [6, 6.07) is 0. The van der Waals surface area contributed by atoms with Crippen molar-refractivity contribution in [1.29, 1.82) is 0 Å². The van der Waals surface area contributed by atoms with Crippen LogP contribution in [0.25, 0.3) is 0 Å². The Morgan fingerprint density at radius 2 is 1.17 bits per heavy atom. The summed E-state index contributed by atoms with van der Waals surface area (Å²) in [7, 11) is 0. The maximum Gasteiger partial charge on any atom is 0.120 e. The molecule has 0 aromatic heterocycles. The highest BCUT2D eigenvalue weighted by atomic mass is 16.6. The van der Waals surface area contributed by atoms with Crippen LogP contribution in [-0.4, -0.2) is 70.9 Å². The molecule has 0 spiro atoms. The fraction of sp³-hybridized carbons (Fsp3) is 0.917. The van der Waals surface area contributed by atoms with Crippen LogP contribution >= 0.6 is 0 Å². The molecule has 6 heteroatoms. The molecular weight excluding hydrogens is 240 g/mol. The van der Waals surface area contributed by atoms with Gasteiger partial charge in [-0.3, -0.25) is 0 Å². The van der Waals surface area contributed by atoms with E-state index in [9.17, 15) is 4.79 Å². The Morgan fingerprint density at radius 3 is 1.61 bits per heavy atom. The van der Waals surface area contributed by atoms with Crippen LogP contribution in [0, 0.1) is 0 Å². The van der Waals surface area contributed by atoms with Crippen LogP contribution in [0.15, 0.2) is 0 Å². The van der Waals surface area contributed by atoms with Gasteiger partial charge in [0.25, 0.3) is 0 Å². The van der Waals surface area contributed by atoms with Gasteiger partial charge in [0.05, 0.1) is 52.9 Å². The van der Waals surface area contributed by atoms with Crippen LogP contribution in [0.5, 0.6) is 0 Å². The van der Waals surface area contributed by atoms with Crippen molar-refractivity contribution in [2.45, 2.75) is 12.8 Å². The minimum Gasteiger partial charge on any atom is -0.394 e. The second kappa shape index (κ2) is 16.5. The number of rotatable bonds is 15. The third-order valence-corrected chi connectivity index (χ3v) is 1.96. The lowest BCUT2D eigenvalue weighted by Crippen LogP contribution is -2.12. The molecule has 1 N–H and O–H groups in total. The van der Waals surface area contributed by atoms with E-state index in [1.54, 1.807) is 0 Å². The lowest BCUT2D eigenvalue weighted by Gasteiger charge is -2.06. The molecule has 0 saturated heterocycles. The number of hydrogen-bond acceptors (Lipinski definition) is 6. The van der Waals surface area contributed by atoms with Crippen LogP contribution < -0.4 is 0 Å². The minimum absolute atomic E-state index is 0.0377. The van der Waals surface area contributed by atoms with Crippen LogP contribution in [0.4, 0.5) is 0 Å². The van der Waals surface area contributed by atoms with Crippen molar-refractivity contribution in [1.82, 2.24) is 0 Å². The average Bonchev–Trinajstić information content (AvgIpc) is 2.39. The topological polar surface area (TPSA) is 74.2 Å². The molecule has 0 aliphatic carbocycles. The zero-order valence-electron chi connectivity index (χ0n) is 10.8. The molecule has 0 unspecified atom stereocenters. The van der Waals surface area contributed by atoms with Crippen LogP contribution in [0.2, 0.25) is 0 Å². The average molecular weight is 264 g/mol. The fourth-order valence-corrected chi connectivity index (χ4v) is 1.10. The molecule has 0 atom stereocenters. The van der Waals surface area contributed by atoms with Gasteiger partial charge in [0.1, 0.15) is 6.29 Å². The third kappa shape index (κ3) is 15.5. The minimum atomic E-state index is 0.0377. The van der Waals surface area contributed by atoms with Gasteiger partial charge in [0, 0.05) is 13.0 Å². The molecule has 0 aromatic rings. The first kappa shape index (κ1) is 17.5. The van der Waals surface area contributed by atoms with E-state index in [1.807, 2.05) is 0 Å². The van der Waals surface area contributed by atoms with Crippen LogP contribution in [0.3, 0.4) is 0 Å². The van der Waals surface area contributed by atoms with Crippen LogP contribution in [0.1, 0.15) is 12.8 Å². The fourth-order valence-electron chi connectivity index (χ4n) is 1.10. The van der Waals surface area contributed by atoms with Gasteiger partial charge in [-0.2, -0.15) is 0 Å². The SMILES string of the molecule is O=CCCCOCCOCCOCCOCCO. The van der Waals surface area contributed by atoms with Crippen molar-refractivity contribution in [2.75, 3.05) is 59.5 Å². The summed E-state index contributed by atoms with van der Waals surface area (Å²) in [6.07, 6.45) is 2.20. The van der Waals surface area contributed by atoms with E-state index in [4.69, 9.17) is 24.1 Å². The number of carbonyl (C=O) groups excluding carboxylic acids is 1. The monoisotopic (exact) mass is 264 g/mol. The predicted octanol–water partition coefficient (Wildman–Crippen LogP) is 0.0242. The van der Waals surface area contributed by atoms with Crippen molar-refractivity contribution in [3.63, 3.8) is 0 Å². The van der Waals surface area contributed by atoms with Crippen molar-refractivity contribution >= 4 is 6.29 Å². The van der Waals surface area contributed by atoms with Gasteiger partial charge in [-0.1, -0.05) is 0 Å².